The highest BCUT2D eigenvalue weighted by Gasteiger charge is 2.55. The molecule has 150 valence electrons. The first-order chi connectivity index (χ1) is 12.5. The van der Waals surface area contributed by atoms with Gasteiger partial charge in [-0.15, -0.1) is 0 Å². The third-order valence-corrected chi connectivity index (χ3v) is 5.92. The molecule has 0 heterocycles. The van der Waals surface area contributed by atoms with Crippen molar-refractivity contribution in [3.8, 4) is 0 Å². The van der Waals surface area contributed by atoms with Crippen molar-refractivity contribution in [3.05, 3.63) is 23.8 Å². The van der Waals surface area contributed by atoms with E-state index in [-0.39, 0.29) is 47.5 Å². The molecule has 5 nitrogen and oxygen atoms in total. The second-order valence-electron chi connectivity index (χ2n) is 8.56. The van der Waals surface area contributed by atoms with E-state index >= 15 is 0 Å². The summed E-state index contributed by atoms with van der Waals surface area (Å²) in [5, 5.41) is 0. The predicted octanol–water partition coefficient (Wildman–Crippen LogP) is 3.87. The van der Waals surface area contributed by atoms with E-state index in [0.717, 1.165) is 11.1 Å². The molecule has 0 saturated heterocycles. The zero-order chi connectivity index (χ0) is 20.5. The topological polar surface area (TPSA) is 69.7 Å². The van der Waals surface area contributed by atoms with E-state index in [1.807, 2.05) is 13.8 Å². The van der Waals surface area contributed by atoms with Crippen molar-refractivity contribution >= 4 is 17.7 Å². The van der Waals surface area contributed by atoms with Crippen LogP contribution in [0.5, 0.6) is 0 Å². The Morgan fingerprint density at radius 2 is 1.81 bits per heavy atom. The quantitative estimate of drug-likeness (QED) is 0.414. The fourth-order valence-corrected chi connectivity index (χ4v) is 4.85. The maximum Gasteiger partial charge on any atom is 0.331 e. The van der Waals surface area contributed by atoms with E-state index < -0.39 is 6.10 Å². The van der Waals surface area contributed by atoms with Gasteiger partial charge in [0, 0.05) is 19.4 Å². The number of Topliss-reactive ketones (excluding diaryl/α,β-unsaturated/α-hetero) is 1. The first-order valence-electron chi connectivity index (χ1n) is 9.77. The van der Waals surface area contributed by atoms with E-state index in [0.29, 0.717) is 18.8 Å². The highest BCUT2D eigenvalue weighted by molar-refractivity contribution is 5.86. The lowest BCUT2D eigenvalue weighted by atomic mass is 9.63. The molecule has 0 unspecified atom stereocenters. The summed E-state index contributed by atoms with van der Waals surface area (Å²) in [6.45, 7) is 15.3. The summed E-state index contributed by atoms with van der Waals surface area (Å²) in [5.74, 6) is -0.407. The average molecular weight is 376 g/mol. The van der Waals surface area contributed by atoms with Crippen LogP contribution >= 0.6 is 0 Å². The Bertz CT molecular complexity index is 656. The fraction of sp³-hybridized carbons (Fsp3) is 0.682. The molecular formula is C22H32O5. The zero-order valence-corrected chi connectivity index (χ0v) is 17.3. The second kappa shape index (κ2) is 8.41. The average Bonchev–Trinajstić information content (AvgIpc) is 2.85. The molecule has 5 heteroatoms. The van der Waals surface area contributed by atoms with Gasteiger partial charge in [-0.2, -0.15) is 0 Å². The van der Waals surface area contributed by atoms with Gasteiger partial charge in [-0.05, 0) is 56.4 Å². The number of rotatable bonds is 5. The Morgan fingerprint density at radius 3 is 2.33 bits per heavy atom. The molecule has 0 aromatic heterocycles. The number of hydrogen-bond donors (Lipinski definition) is 0. The maximum atomic E-state index is 12.8. The Kier molecular flexibility index (Phi) is 6.66. The van der Waals surface area contributed by atoms with Gasteiger partial charge in [-0.3, -0.25) is 9.59 Å². The minimum Gasteiger partial charge on any atom is -0.462 e. The first-order valence-corrected chi connectivity index (χ1v) is 9.77. The molecule has 27 heavy (non-hydrogen) atoms. The van der Waals surface area contributed by atoms with Crippen molar-refractivity contribution in [2.45, 2.75) is 66.6 Å². The van der Waals surface area contributed by atoms with E-state index in [1.165, 1.54) is 13.0 Å². The molecule has 2 aliphatic rings. The molecule has 0 amide bonds. The lowest BCUT2D eigenvalue weighted by molar-refractivity contribution is -0.153. The first kappa shape index (κ1) is 21.4. The van der Waals surface area contributed by atoms with Crippen LogP contribution in [0.2, 0.25) is 0 Å². The highest BCUT2D eigenvalue weighted by atomic mass is 16.5. The standard InChI is InChI=1S/C22H32O5/c1-11(2)8-20(25)27-19-10-16(12(3)4)22-17(13(19)5)9-18(24)21(22)14(6)26-15(7)23/h8,12,14,16-17,19,21-22H,5,9-10H2,1-4,6-7H3/t14-,16+,17+,19-,21+,22+/m1/s1. The van der Waals surface area contributed by atoms with Crippen LogP contribution in [-0.4, -0.2) is 29.9 Å². The largest absolute Gasteiger partial charge is 0.462 e. The van der Waals surface area contributed by atoms with Gasteiger partial charge in [-0.25, -0.2) is 4.79 Å². The van der Waals surface area contributed by atoms with Gasteiger partial charge in [0.2, 0.25) is 0 Å². The fourth-order valence-electron chi connectivity index (χ4n) is 4.85. The normalized spacial score (nSPS) is 31.3. The minimum absolute atomic E-state index is 0.0360. The number of carbonyl (C=O) groups excluding carboxylic acids is 3. The maximum absolute atomic E-state index is 12.8. The lowest BCUT2D eigenvalue weighted by Crippen LogP contribution is -2.44. The molecule has 2 saturated carbocycles. The smallest absolute Gasteiger partial charge is 0.331 e. The van der Waals surface area contributed by atoms with Crippen LogP contribution in [0.15, 0.2) is 23.8 Å². The van der Waals surface area contributed by atoms with Crippen molar-refractivity contribution < 1.29 is 23.9 Å². The number of allylic oxidation sites excluding steroid dienone is 1. The van der Waals surface area contributed by atoms with Gasteiger partial charge >= 0.3 is 11.9 Å². The van der Waals surface area contributed by atoms with Gasteiger partial charge in [0.1, 0.15) is 18.0 Å². The van der Waals surface area contributed by atoms with Crippen molar-refractivity contribution in [1.29, 1.82) is 0 Å². The lowest BCUT2D eigenvalue weighted by Gasteiger charge is -2.44. The van der Waals surface area contributed by atoms with Gasteiger partial charge in [0.15, 0.2) is 0 Å². The number of carbonyl (C=O) groups is 3. The summed E-state index contributed by atoms with van der Waals surface area (Å²) >= 11 is 0. The molecule has 0 radical (unpaired) electrons. The molecule has 0 aliphatic heterocycles. The van der Waals surface area contributed by atoms with Crippen molar-refractivity contribution in [2.75, 3.05) is 0 Å². The van der Waals surface area contributed by atoms with Crippen LogP contribution in [0.4, 0.5) is 0 Å². The zero-order valence-electron chi connectivity index (χ0n) is 17.3. The Labute approximate surface area is 162 Å². The number of ether oxygens (including phenoxy) is 2. The molecule has 0 N–H and O–H groups in total. The molecule has 2 fully saturated rings. The van der Waals surface area contributed by atoms with Crippen LogP contribution in [-0.2, 0) is 23.9 Å². The summed E-state index contributed by atoms with van der Waals surface area (Å²) in [6, 6.07) is 0. The summed E-state index contributed by atoms with van der Waals surface area (Å²) < 4.78 is 11.1. The molecule has 2 aliphatic carbocycles. The summed E-state index contributed by atoms with van der Waals surface area (Å²) in [4.78, 5) is 36.3. The number of hydrogen-bond acceptors (Lipinski definition) is 5. The van der Waals surface area contributed by atoms with Crippen LogP contribution < -0.4 is 0 Å². The van der Waals surface area contributed by atoms with Crippen molar-refractivity contribution in [3.63, 3.8) is 0 Å². The van der Waals surface area contributed by atoms with Gasteiger partial charge in [0.25, 0.3) is 0 Å². The van der Waals surface area contributed by atoms with Crippen LogP contribution in [0.25, 0.3) is 0 Å². The third-order valence-electron chi connectivity index (χ3n) is 5.92. The number of esters is 2. The Morgan fingerprint density at radius 1 is 1.19 bits per heavy atom. The Balaban J connectivity index is 2.28. The SMILES string of the molecule is C=C1[C@H](OC(=O)C=C(C)C)C[C@@H](C(C)C)[C@@H]2[C@@H]([C@@H](C)OC(C)=O)C(=O)C[C@@H]12. The van der Waals surface area contributed by atoms with Crippen molar-refractivity contribution in [2.24, 2.45) is 29.6 Å². The highest BCUT2D eigenvalue weighted by Crippen LogP contribution is 2.53. The molecule has 0 spiro atoms. The summed E-state index contributed by atoms with van der Waals surface area (Å²) in [7, 11) is 0. The molecule has 0 bridgehead atoms. The van der Waals surface area contributed by atoms with Gasteiger partial charge in [-0.1, -0.05) is 26.0 Å². The number of ketones is 1. The molecule has 0 aromatic carbocycles. The second-order valence-corrected chi connectivity index (χ2v) is 8.56. The summed E-state index contributed by atoms with van der Waals surface area (Å²) in [5.41, 5.74) is 1.70. The van der Waals surface area contributed by atoms with Crippen LogP contribution in [0.1, 0.15) is 54.4 Å². The predicted molar refractivity (Wildman–Crippen MR) is 103 cm³/mol. The van der Waals surface area contributed by atoms with E-state index in [1.54, 1.807) is 6.92 Å². The summed E-state index contributed by atoms with van der Waals surface area (Å²) in [6.07, 6.45) is 1.67. The van der Waals surface area contributed by atoms with E-state index in [2.05, 4.69) is 20.4 Å². The van der Waals surface area contributed by atoms with Crippen LogP contribution in [0.3, 0.4) is 0 Å². The third kappa shape index (κ3) is 4.69. The van der Waals surface area contributed by atoms with Crippen molar-refractivity contribution in [1.82, 2.24) is 0 Å². The van der Waals surface area contributed by atoms with E-state index in [4.69, 9.17) is 9.47 Å². The molecule has 6 atom stereocenters. The monoisotopic (exact) mass is 376 g/mol. The molecule has 0 aromatic rings. The molecular weight excluding hydrogens is 344 g/mol. The Hall–Kier alpha value is -1.91. The van der Waals surface area contributed by atoms with Gasteiger partial charge in [0.05, 0.1) is 5.92 Å². The minimum atomic E-state index is -0.455. The van der Waals surface area contributed by atoms with Crippen LogP contribution in [0, 0.1) is 29.6 Å². The number of fused-ring (bicyclic) bond motifs is 1. The van der Waals surface area contributed by atoms with Gasteiger partial charge < -0.3 is 9.47 Å². The van der Waals surface area contributed by atoms with E-state index in [9.17, 15) is 14.4 Å². The molecule has 2 rings (SSSR count).